The van der Waals surface area contributed by atoms with Crippen molar-refractivity contribution in [2.45, 2.75) is 4.90 Å². The molecule has 1 heterocycles. The lowest BCUT2D eigenvalue weighted by Crippen LogP contribution is -2.04. The molecule has 0 spiro atoms. The zero-order valence-corrected chi connectivity index (χ0v) is 6.91. The van der Waals surface area contributed by atoms with Crippen molar-refractivity contribution in [3.8, 4) is 5.75 Å². The minimum Gasteiger partial charge on any atom is -0.463 e. The van der Waals surface area contributed by atoms with Crippen LogP contribution in [0, 0.1) is 0 Å². The Labute approximate surface area is 70.2 Å². The second-order valence-corrected chi connectivity index (χ2v) is 4.18. The molecule has 1 aromatic rings. The Morgan fingerprint density at radius 3 is 2.67 bits per heavy atom. The van der Waals surface area contributed by atoms with Gasteiger partial charge in [0.1, 0.15) is 16.9 Å². The largest absolute Gasteiger partial charge is 0.463 e. The van der Waals surface area contributed by atoms with Crippen LogP contribution in [0.5, 0.6) is 5.75 Å². The van der Waals surface area contributed by atoms with Gasteiger partial charge in [0.15, 0.2) is 0 Å². The van der Waals surface area contributed by atoms with E-state index < -0.39 is 9.84 Å². The number of fused-ring (bicyclic) bond motifs is 1. The molecule has 0 aromatic heterocycles. The maximum atomic E-state index is 11.3. The van der Waals surface area contributed by atoms with Crippen LogP contribution in [0.15, 0.2) is 40.8 Å². The van der Waals surface area contributed by atoms with Crippen LogP contribution in [0.25, 0.3) is 0 Å². The van der Waals surface area contributed by atoms with Crippen molar-refractivity contribution >= 4 is 9.84 Å². The highest BCUT2D eigenvalue weighted by Crippen LogP contribution is 2.28. The molecule has 12 heavy (non-hydrogen) atoms. The van der Waals surface area contributed by atoms with E-state index in [1.54, 1.807) is 18.2 Å². The SMILES string of the molecule is O=S1(=O)C=COc2ccccc21. The maximum absolute atomic E-state index is 11.3. The van der Waals surface area contributed by atoms with Gasteiger partial charge in [-0.25, -0.2) is 8.42 Å². The van der Waals surface area contributed by atoms with E-state index in [1.807, 2.05) is 0 Å². The van der Waals surface area contributed by atoms with Crippen LogP contribution in [0.1, 0.15) is 0 Å². The molecule has 0 aliphatic carbocycles. The van der Waals surface area contributed by atoms with E-state index in [0.717, 1.165) is 5.41 Å². The van der Waals surface area contributed by atoms with Gasteiger partial charge in [-0.05, 0) is 12.1 Å². The van der Waals surface area contributed by atoms with Crippen molar-refractivity contribution < 1.29 is 13.2 Å². The van der Waals surface area contributed by atoms with Crippen molar-refractivity contribution in [1.82, 2.24) is 0 Å². The van der Waals surface area contributed by atoms with Gasteiger partial charge in [-0.15, -0.1) is 0 Å². The summed E-state index contributed by atoms with van der Waals surface area (Å²) in [7, 11) is -3.25. The normalized spacial score (nSPS) is 18.0. The van der Waals surface area contributed by atoms with Gasteiger partial charge in [-0.2, -0.15) is 0 Å². The highest BCUT2D eigenvalue weighted by atomic mass is 32.2. The molecule has 0 radical (unpaired) electrons. The van der Waals surface area contributed by atoms with Gasteiger partial charge < -0.3 is 4.74 Å². The Kier molecular flexibility index (Phi) is 1.44. The minimum absolute atomic E-state index is 0.229. The molecule has 0 fully saturated rings. The minimum atomic E-state index is -3.25. The van der Waals surface area contributed by atoms with Gasteiger partial charge in [0.2, 0.25) is 9.84 Å². The van der Waals surface area contributed by atoms with E-state index >= 15 is 0 Å². The summed E-state index contributed by atoms with van der Waals surface area (Å²) in [6.07, 6.45) is 1.18. The highest BCUT2D eigenvalue weighted by Gasteiger charge is 2.19. The fourth-order valence-corrected chi connectivity index (χ4v) is 2.04. The fraction of sp³-hybridized carbons (Fsp3) is 0. The fourth-order valence-electron chi connectivity index (χ4n) is 1.03. The monoisotopic (exact) mass is 182 g/mol. The van der Waals surface area contributed by atoms with Gasteiger partial charge in [0.25, 0.3) is 0 Å². The third-order valence-electron chi connectivity index (χ3n) is 1.59. The number of hydrogen-bond donors (Lipinski definition) is 0. The molecule has 2 rings (SSSR count). The summed E-state index contributed by atoms with van der Waals surface area (Å²) in [6.45, 7) is 0. The smallest absolute Gasteiger partial charge is 0.206 e. The maximum Gasteiger partial charge on any atom is 0.206 e. The third kappa shape index (κ3) is 1.00. The molecule has 0 saturated carbocycles. The molecule has 0 saturated heterocycles. The van der Waals surface area contributed by atoms with Crippen LogP contribution >= 0.6 is 0 Å². The van der Waals surface area contributed by atoms with E-state index in [2.05, 4.69) is 0 Å². The van der Waals surface area contributed by atoms with E-state index in [4.69, 9.17) is 4.74 Å². The molecule has 4 heteroatoms. The van der Waals surface area contributed by atoms with Crippen molar-refractivity contribution in [3.63, 3.8) is 0 Å². The van der Waals surface area contributed by atoms with E-state index in [9.17, 15) is 8.42 Å². The second-order valence-electron chi connectivity index (χ2n) is 2.38. The van der Waals surface area contributed by atoms with Crippen molar-refractivity contribution in [2.24, 2.45) is 0 Å². The first-order valence-electron chi connectivity index (χ1n) is 3.37. The number of benzene rings is 1. The molecular formula is C8H6O3S. The summed E-state index contributed by atoms with van der Waals surface area (Å²) in [4.78, 5) is 0.229. The first kappa shape index (κ1) is 7.36. The average molecular weight is 182 g/mol. The van der Waals surface area contributed by atoms with Crippen molar-refractivity contribution in [2.75, 3.05) is 0 Å². The van der Waals surface area contributed by atoms with Crippen molar-refractivity contribution in [1.29, 1.82) is 0 Å². The Balaban J connectivity index is 2.75. The summed E-state index contributed by atoms with van der Waals surface area (Å²) in [5.41, 5.74) is 0. The Morgan fingerprint density at radius 2 is 1.92 bits per heavy atom. The molecule has 3 nitrogen and oxygen atoms in total. The lowest BCUT2D eigenvalue weighted by Gasteiger charge is -2.10. The molecule has 0 N–H and O–H groups in total. The standard InChI is InChI=1S/C8H6O3S/c9-12(10)6-5-11-7-3-1-2-4-8(7)12/h1-6H. The van der Waals surface area contributed by atoms with Crippen LogP contribution in [-0.4, -0.2) is 8.42 Å². The number of ether oxygens (including phenoxy) is 1. The molecule has 0 bridgehead atoms. The van der Waals surface area contributed by atoms with E-state index in [0.29, 0.717) is 5.75 Å². The van der Waals surface area contributed by atoms with Gasteiger partial charge in [0, 0.05) is 0 Å². The summed E-state index contributed by atoms with van der Waals surface area (Å²) in [5.74, 6) is 0.389. The zero-order valence-electron chi connectivity index (χ0n) is 6.10. The topological polar surface area (TPSA) is 43.4 Å². The molecule has 1 aliphatic rings. The molecule has 62 valence electrons. The Bertz CT molecular complexity index is 431. The van der Waals surface area contributed by atoms with Crippen LogP contribution in [0.2, 0.25) is 0 Å². The number of para-hydroxylation sites is 1. The molecular weight excluding hydrogens is 176 g/mol. The van der Waals surface area contributed by atoms with E-state index in [-0.39, 0.29) is 4.90 Å². The van der Waals surface area contributed by atoms with Crippen LogP contribution in [0.3, 0.4) is 0 Å². The number of hydrogen-bond acceptors (Lipinski definition) is 3. The molecule has 1 aromatic carbocycles. The first-order chi connectivity index (χ1) is 5.70. The Morgan fingerprint density at radius 1 is 1.17 bits per heavy atom. The molecule has 1 aliphatic heterocycles. The lowest BCUT2D eigenvalue weighted by atomic mass is 10.3. The van der Waals surface area contributed by atoms with Crippen LogP contribution in [-0.2, 0) is 9.84 Å². The predicted molar refractivity (Wildman–Crippen MR) is 43.4 cm³/mol. The van der Waals surface area contributed by atoms with Gasteiger partial charge >= 0.3 is 0 Å². The van der Waals surface area contributed by atoms with Gasteiger partial charge in [-0.1, -0.05) is 12.1 Å². The number of sulfone groups is 1. The third-order valence-corrected chi connectivity index (χ3v) is 3.01. The molecule has 0 atom stereocenters. The molecule has 0 unspecified atom stereocenters. The van der Waals surface area contributed by atoms with Gasteiger partial charge in [0.05, 0.1) is 5.41 Å². The summed E-state index contributed by atoms with van der Waals surface area (Å²) in [5, 5.41) is 1.05. The average Bonchev–Trinajstić information content (AvgIpc) is 2.04. The lowest BCUT2D eigenvalue weighted by molar-refractivity contribution is 0.460. The van der Waals surface area contributed by atoms with Crippen molar-refractivity contribution in [3.05, 3.63) is 35.9 Å². The van der Waals surface area contributed by atoms with Crippen LogP contribution in [0.4, 0.5) is 0 Å². The molecule has 0 amide bonds. The second kappa shape index (κ2) is 2.35. The summed E-state index contributed by atoms with van der Waals surface area (Å²) >= 11 is 0. The Hall–Kier alpha value is -1.29. The zero-order chi connectivity index (χ0) is 8.60. The highest BCUT2D eigenvalue weighted by molar-refractivity contribution is 7.94. The first-order valence-corrected chi connectivity index (χ1v) is 4.92. The number of rotatable bonds is 0. The van der Waals surface area contributed by atoms with Crippen LogP contribution < -0.4 is 4.74 Å². The summed E-state index contributed by atoms with van der Waals surface area (Å²) in [6, 6.07) is 6.54. The predicted octanol–water partition coefficient (Wildman–Crippen LogP) is 1.32. The summed E-state index contributed by atoms with van der Waals surface area (Å²) < 4.78 is 27.6. The van der Waals surface area contributed by atoms with E-state index in [1.165, 1.54) is 12.3 Å². The quantitative estimate of drug-likeness (QED) is 0.607. The van der Waals surface area contributed by atoms with Gasteiger partial charge in [-0.3, -0.25) is 0 Å².